The molecule has 0 aliphatic rings. The van der Waals surface area contributed by atoms with E-state index < -0.39 is 0 Å². The van der Waals surface area contributed by atoms with Gasteiger partial charge in [0, 0.05) is 18.4 Å². The lowest BCUT2D eigenvalue weighted by Crippen LogP contribution is -2.19. The zero-order valence-electron chi connectivity index (χ0n) is 21.2. The molecule has 1 heterocycles. The molecule has 0 saturated carbocycles. The largest absolute Gasteiger partial charge is 0.489 e. The van der Waals surface area contributed by atoms with Crippen LogP contribution in [0.2, 0.25) is 0 Å². The third-order valence-electron chi connectivity index (χ3n) is 6.13. The first-order valence-corrected chi connectivity index (χ1v) is 13.2. The average Bonchev–Trinajstić information content (AvgIpc) is 3.38. The van der Waals surface area contributed by atoms with Gasteiger partial charge in [0.1, 0.15) is 18.7 Å². The number of aryl methyl sites for hydroxylation is 1. The molecule has 0 radical (unpaired) electrons. The second-order valence-corrected chi connectivity index (χ2v) is 9.74. The maximum atomic E-state index is 12.6. The van der Waals surface area contributed by atoms with E-state index in [4.69, 9.17) is 4.74 Å². The van der Waals surface area contributed by atoms with Crippen LogP contribution in [0.1, 0.15) is 34.0 Å². The molecule has 0 aliphatic carbocycles. The number of nitrogens with zero attached hydrogens (tertiary/aromatic N) is 4. The van der Waals surface area contributed by atoms with E-state index in [0.29, 0.717) is 17.9 Å². The Labute approximate surface area is 225 Å². The Hall–Kier alpha value is -4.43. The molecule has 7 nitrogen and oxygen atoms in total. The summed E-state index contributed by atoms with van der Waals surface area (Å²) in [4.78, 5) is 12.6. The van der Waals surface area contributed by atoms with Gasteiger partial charge >= 0.3 is 0 Å². The number of hydrogen-bond acceptors (Lipinski definition) is 6. The quantitative estimate of drug-likeness (QED) is 0.146. The number of rotatable bonds is 9. The van der Waals surface area contributed by atoms with Crippen molar-refractivity contribution in [2.75, 3.05) is 0 Å². The van der Waals surface area contributed by atoms with Gasteiger partial charge in [0.2, 0.25) is 0 Å². The van der Waals surface area contributed by atoms with Gasteiger partial charge in [0.15, 0.2) is 5.16 Å². The first kappa shape index (κ1) is 25.2. The van der Waals surface area contributed by atoms with E-state index in [1.165, 1.54) is 10.8 Å². The monoisotopic (exact) mass is 521 g/mol. The summed E-state index contributed by atoms with van der Waals surface area (Å²) in [7, 11) is 1.91. The van der Waals surface area contributed by atoms with E-state index in [2.05, 4.69) is 45.0 Å². The lowest BCUT2D eigenvalue weighted by atomic mass is 10.1. The number of fused-ring (bicyclic) bond motifs is 1. The molecule has 0 saturated heterocycles. The standard InChI is InChI=1S/C30H27N5O2S/c1-21(32-33-29(36)25-12-10-22(11-13-25)19-38-30-34-31-20-35(30)2)23-14-16-27(17-15-23)37-18-26-8-5-7-24-6-3-4-9-28(24)26/h3-17,20H,18-19H2,1-2H3,(H,33,36). The van der Waals surface area contributed by atoms with Crippen LogP contribution >= 0.6 is 11.8 Å². The second-order valence-electron chi connectivity index (χ2n) is 8.80. The Balaban J connectivity index is 1.14. The zero-order chi connectivity index (χ0) is 26.3. The fourth-order valence-electron chi connectivity index (χ4n) is 3.94. The van der Waals surface area contributed by atoms with Gasteiger partial charge < -0.3 is 9.30 Å². The summed E-state index contributed by atoms with van der Waals surface area (Å²) >= 11 is 1.59. The third-order valence-corrected chi connectivity index (χ3v) is 7.23. The number of carbonyl (C=O) groups excluding carboxylic acids is 1. The maximum Gasteiger partial charge on any atom is 0.271 e. The molecule has 5 aromatic rings. The minimum atomic E-state index is -0.258. The summed E-state index contributed by atoms with van der Waals surface area (Å²) in [5.41, 5.74) is 7.04. The molecule has 0 aliphatic heterocycles. The summed E-state index contributed by atoms with van der Waals surface area (Å²) in [6, 6.07) is 29.7. The number of aromatic nitrogens is 3. The number of hydrogen-bond donors (Lipinski definition) is 1. The predicted molar refractivity (Wildman–Crippen MR) is 151 cm³/mol. The highest BCUT2D eigenvalue weighted by Crippen LogP contribution is 2.22. The van der Waals surface area contributed by atoms with Crippen LogP contribution in [0, 0.1) is 0 Å². The smallest absolute Gasteiger partial charge is 0.271 e. The van der Waals surface area contributed by atoms with Gasteiger partial charge in [0.25, 0.3) is 5.91 Å². The minimum Gasteiger partial charge on any atom is -0.489 e. The highest BCUT2D eigenvalue weighted by molar-refractivity contribution is 7.98. The maximum absolute atomic E-state index is 12.6. The molecule has 190 valence electrons. The molecular weight excluding hydrogens is 494 g/mol. The number of hydrazone groups is 1. The summed E-state index contributed by atoms with van der Waals surface area (Å²) < 4.78 is 7.90. The molecule has 1 aromatic heterocycles. The van der Waals surface area contributed by atoms with Gasteiger partial charge in [-0.3, -0.25) is 4.79 Å². The van der Waals surface area contributed by atoms with Gasteiger partial charge in [-0.15, -0.1) is 10.2 Å². The van der Waals surface area contributed by atoms with E-state index in [0.717, 1.165) is 33.3 Å². The Kier molecular flexibility index (Phi) is 7.80. The van der Waals surface area contributed by atoms with Crippen molar-refractivity contribution in [2.45, 2.75) is 24.4 Å². The molecule has 0 unspecified atom stereocenters. The van der Waals surface area contributed by atoms with Crippen LogP contribution < -0.4 is 10.2 Å². The van der Waals surface area contributed by atoms with Crippen molar-refractivity contribution in [2.24, 2.45) is 12.1 Å². The zero-order valence-corrected chi connectivity index (χ0v) is 22.0. The van der Waals surface area contributed by atoms with Crippen molar-refractivity contribution in [3.05, 3.63) is 120 Å². The molecule has 1 N–H and O–H groups in total. The Morgan fingerprint density at radius 2 is 1.68 bits per heavy atom. The van der Waals surface area contributed by atoms with Crippen LogP contribution in [-0.4, -0.2) is 26.4 Å². The van der Waals surface area contributed by atoms with Crippen LogP contribution in [0.3, 0.4) is 0 Å². The topological polar surface area (TPSA) is 81.4 Å². The van der Waals surface area contributed by atoms with E-state index in [9.17, 15) is 4.79 Å². The second kappa shape index (κ2) is 11.7. The highest BCUT2D eigenvalue weighted by atomic mass is 32.2. The van der Waals surface area contributed by atoms with Crippen LogP contribution in [-0.2, 0) is 19.4 Å². The molecule has 38 heavy (non-hydrogen) atoms. The molecular formula is C30H27N5O2S. The fourth-order valence-corrected chi connectivity index (χ4v) is 4.78. The summed E-state index contributed by atoms with van der Waals surface area (Å²) in [6.45, 7) is 2.35. The minimum absolute atomic E-state index is 0.258. The molecule has 0 spiro atoms. The van der Waals surface area contributed by atoms with Crippen LogP contribution in [0.25, 0.3) is 10.8 Å². The van der Waals surface area contributed by atoms with Gasteiger partial charge in [-0.25, -0.2) is 5.43 Å². The molecule has 0 fully saturated rings. The van der Waals surface area contributed by atoms with Crippen LogP contribution in [0.15, 0.2) is 108 Å². The van der Waals surface area contributed by atoms with Crippen molar-refractivity contribution in [1.29, 1.82) is 0 Å². The molecule has 0 atom stereocenters. The van der Waals surface area contributed by atoms with E-state index in [1.807, 2.05) is 73.1 Å². The number of thioether (sulfide) groups is 1. The lowest BCUT2D eigenvalue weighted by Gasteiger charge is -2.10. The summed E-state index contributed by atoms with van der Waals surface area (Å²) in [6.07, 6.45) is 1.67. The third kappa shape index (κ3) is 6.10. The number of ether oxygens (including phenoxy) is 1. The summed E-state index contributed by atoms with van der Waals surface area (Å²) in [5.74, 6) is 1.26. The van der Waals surface area contributed by atoms with Crippen molar-refractivity contribution in [3.63, 3.8) is 0 Å². The Morgan fingerprint density at radius 1 is 0.947 bits per heavy atom. The molecule has 1 amide bonds. The van der Waals surface area contributed by atoms with Gasteiger partial charge in [0.05, 0.1) is 5.71 Å². The first-order chi connectivity index (χ1) is 18.6. The molecule has 5 rings (SSSR count). The van der Waals surface area contributed by atoms with Crippen LogP contribution in [0.4, 0.5) is 0 Å². The highest BCUT2D eigenvalue weighted by Gasteiger charge is 2.08. The fraction of sp³-hybridized carbons (Fsp3) is 0.133. The van der Waals surface area contributed by atoms with Gasteiger partial charge in [-0.2, -0.15) is 5.10 Å². The average molecular weight is 522 g/mol. The lowest BCUT2D eigenvalue weighted by molar-refractivity contribution is 0.0955. The number of nitrogens with one attached hydrogen (secondary N) is 1. The summed E-state index contributed by atoms with van der Waals surface area (Å²) in [5, 5.41) is 15.5. The SMILES string of the molecule is CC(=NNC(=O)c1ccc(CSc2nncn2C)cc1)c1ccc(OCc2cccc3ccccc23)cc1. The Bertz CT molecular complexity index is 1570. The van der Waals surface area contributed by atoms with Crippen molar-refractivity contribution in [1.82, 2.24) is 20.2 Å². The number of benzene rings is 4. The molecule has 8 heteroatoms. The number of amides is 1. The van der Waals surface area contributed by atoms with Crippen molar-refractivity contribution >= 4 is 34.2 Å². The van der Waals surface area contributed by atoms with E-state index >= 15 is 0 Å². The van der Waals surface area contributed by atoms with Crippen LogP contribution in [0.5, 0.6) is 5.75 Å². The van der Waals surface area contributed by atoms with Gasteiger partial charge in [-0.05, 0) is 70.8 Å². The molecule has 4 aromatic carbocycles. The first-order valence-electron chi connectivity index (χ1n) is 12.2. The van der Waals surface area contributed by atoms with E-state index in [1.54, 1.807) is 30.2 Å². The van der Waals surface area contributed by atoms with E-state index in [-0.39, 0.29) is 5.91 Å². The predicted octanol–water partition coefficient (Wildman–Crippen LogP) is 5.99. The van der Waals surface area contributed by atoms with Crippen molar-refractivity contribution in [3.8, 4) is 5.75 Å². The van der Waals surface area contributed by atoms with Crippen molar-refractivity contribution < 1.29 is 9.53 Å². The van der Waals surface area contributed by atoms with Gasteiger partial charge in [-0.1, -0.05) is 66.4 Å². The normalized spacial score (nSPS) is 11.5. The Morgan fingerprint density at radius 3 is 2.45 bits per heavy atom. The molecule has 0 bridgehead atoms. The number of carbonyl (C=O) groups is 1.